The molecule has 4 rings (SSSR count). The summed E-state index contributed by atoms with van der Waals surface area (Å²) in [6.07, 6.45) is 3.42. The molecular formula is C19H17N7OS. The summed E-state index contributed by atoms with van der Waals surface area (Å²) in [7, 11) is 0. The van der Waals surface area contributed by atoms with E-state index in [0.29, 0.717) is 29.7 Å². The van der Waals surface area contributed by atoms with Crippen LogP contribution in [-0.2, 0) is 0 Å². The number of nitrogens with one attached hydrogen (secondary N) is 3. The van der Waals surface area contributed by atoms with Gasteiger partial charge in [0.1, 0.15) is 5.82 Å². The van der Waals surface area contributed by atoms with Gasteiger partial charge < -0.3 is 16.0 Å². The van der Waals surface area contributed by atoms with Gasteiger partial charge in [-0.3, -0.25) is 9.78 Å². The summed E-state index contributed by atoms with van der Waals surface area (Å²) in [5.41, 5.74) is 1.68. The van der Waals surface area contributed by atoms with Crippen molar-refractivity contribution in [1.29, 1.82) is 0 Å². The third-order valence-corrected chi connectivity index (χ3v) is 4.84. The molecule has 0 fully saturated rings. The largest absolute Gasteiger partial charge is 0.367 e. The first-order valence-corrected chi connectivity index (χ1v) is 9.48. The number of fused-ring (bicyclic) bond motifs is 1. The molecule has 0 aliphatic heterocycles. The maximum absolute atomic E-state index is 12.2. The minimum absolute atomic E-state index is 0.176. The molecule has 0 bridgehead atoms. The van der Waals surface area contributed by atoms with Crippen LogP contribution in [0.1, 0.15) is 9.80 Å². The van der Waals surface area contributed by atoms with E-state index in [0.717, 1.165) is 15.9 Å². The van der Waals surface area contributed by atoms with Crippen LogP contribution in [0.15, 0.2) is 60.9 Å². The number of anilines is 3. The van der Waals surface area contributed by atoms with Crippen molar-refractivity contribution in [2.45, 2.75) is 0 Å². The van der Waals surface area contributed by atoms with Gasteiger partial charge in [-0.2, -0.15) is 0 Å². The number of para-hydroxylation sites is 1. The molecule has 140 valence electrons. The summed E-state index contributed by atoms with van der Waals surface area (Å²) in [5, 5.41) is 17.8. The Bertz CT molecular complexity index is 1030. The number of hydrogen-bond acceptors (Lipinski definition) is 8. The van der Waals surface area contributed by atoms with Crippen LogP contribution in [-0.4, -0.2) is 39.2 Å². The van der Waals surface area contributed by atoms with Crippen LogP contribution >= 0.6 is 11.3 Å². The third-order valence-electron chi connectivity index (χ3n) is 3.80. The van der Waals surface area contributed by atoms with Gasteiger partial charge in [-0.15, -0.1) is 21.5 Å². The molecule has 0 spiro atoms. The zero-order valence-electron chi connectivity index (χ0n) is 14.8. The Morgan fingerprint density at radius 2 is 1.82 bits per heavy atom. The van der Waals surface area contributed by atoms with E-state index in [2.05, 4.69) is 36.1 Å². The molecule has 4 aromatic rings. The van der Waals surface area contributed by atoms with Gasteiger partial charge in [0.25, 0.3) is 5.91 Å². The summed E-state index contributed by atoms with van der Waals surface area (Å²) in [5.74, 6) is 1.08. The Morgan fingerprint density at radius 3 is 2.61 bits per heavy atom. The molecule has 0 unspecified atom stereocenters. The summed E-state index contributed by atoms with van der Waals surface area (Å²) in [6.45, 7) is 0.979. The van der Waals surface area contributed by atoms with E-state index in [4.69, 9.17) is 0 Å². The quantitative estimate of drug-likeness (QED) is 0.416. The maximum atomic E-state index is 12.2. The molecule has 0 atom stereocenters. The molecule has 9 heteroatoms. The van der Waals surface area contributed by atoms with Gasteiger partial charge in [0.2, 0.25) is 0 Å². The fourth-order valence-electron chi connectivity index (χ4n) is 2.49. The second kappa shape index (κ2) is 8.40. The van der Waals surface area contributed by atoms with Gasteiger partial charge in [0, 0.05) is 19.3 Å². The Kier molecular flexibility index (Phi) is 5.34. The predicted molar refractivity (Wildman–Crippen MR) is 110 cm³/mol. The summed E-state index contributed by atoms with van der Waals surface area (Å²) >= 11 is 1.38. The molecule has 28 heavy (non-hydrogen) atoms. The lowest BCUT2D eigenvalue weighted by atomic mass is 10.3. The van der Waals surface area contributed by atoms with Crippen molar-refractivity contribution >= 4 is 44.8 Å². The first kappa shape index (κ1) is 17.8. The van der Waals surface area contributed by atoms with Gasteiger partial charge in [-0.25, -0.2) is 4.98 Å². The van der Waals surface area contributed by atoms with Gasteiger partial charge in [0.05, 0.1) is 22.1 Å². The molecule has 0 saturated heterocycles. The molecule has 0 aliphatic carbocycles. The molecule has 3 N–H and O–H groups in total. The molecule has 8 nitrogen and oxygen atoms in total. The van der Waals surface area contributed by atoms with Crippen molar-refractivity contribution in [3.63, 3.8) is 0 Å². The Balaban J connectivity index is 1.24. The zero-order valence-corrected chi connectivity index (χ0v) is 15.6. The van der Waals surface area contributed by atoms with E-state index >= 15 is 0 Å². The van der Waals surface area contributed by atoms with Crippen LogP contribution in [0.2, 0.25) is 0 Å². The highest BCUT2D eigenvalue weighted by Gasteiger charge is 2.11. The van der Waals surface area contributed by atoms with Crippen LogP contribution in [0, 0.1) is 0 Å². The molecule has 0 aliphatic rings. The number of amides is 1. The lowest BCUT2D eigenvalue weighted by Gasteiger charge is -2.07. The summed E-state index contributed by atoms with van der Waals surface area (Å²) in [4.78, 5) is 20.6. The lowest BCUT2D eigenvalue weighted by molar-refractivity contribution is 0.0955. The fraction of sp³-hybridized carbons (Fsp3) is 0.105. The Morgan fingerprint density at radius 1 is 0.964 bits per heavy atom. The van der Waals surface area contributed by atoms with Crippen LogP contribution in [0.25, 0.3) is 10.2 Å². The molecule has 1 amide bonds. The van der Waals surface area contributed by atoms with E-state index in [-0.39, 0.29) is 5.91 Å². The van der Waals surface area contributed by atoms with Crippen molar-refractivity contribution in [3.05, 3.63) is 65.9 Å². The highest BCUT2D eigenvalue weighted by atomic mass is 32.1. The van der Waals surface area contributed by atoms with Gasteiger partial charge in [-0.05, 0) is 36.4 Å². The van der Waals surface area contributed by atoms with Crippen LogP contribution in [0.3, 0.4) is 0 Å². The number of benzene rings is 1. The highest BCUT2D eigenvalue weighted by Crippen LogP contribution is 2.21. The van der Waals surface area contributed by atoms with E-state index < -0.39 is 0 Å². The van der Waals surface area contributed by atoms with Crippen molar-refractivity contribution < 1.29 is 4.79 Å². The topological polar surface area (TPSA) is 105 Å². The Labute approximate surface area is 165 Å². The normalized spacial score (nSPS) is 10.6. The van der Waals surface area contributed by atoms with Crippen LogP contribution < -0.4 is 16.0 Å². The first-order valence-electron chi connectivity index (χ1n) is 8.66. The molecule has 0 radical (unpaired) electrons. The van der Waals surface area contributed by atoms with Gasteiger partial charge in [0.15, 0.2) is 10.8 Å². The van der Waals surface area contributed by atoms with E-state index in [1.54, 1.807) is 12.4 Å². The number of hydrogen-bond donors (Lipinski definition) is 3. The number of thiazole rings is 1. The number of carbonyl (C=O) groups is 1. The minimum atomic E-state index is -0.176. The van der Waals surface area contributed by atoms with Crippen LogP contribution in [0.5, 0.6) is 0 Å². The number of aromatic nitrogens is 4. The van der Waals surface area contributed by atoms with Crippen molar-refractivity contribution in [2.24, 2.45) is 0 Å². The zero-order chi connectivity index (χ0) is 19.2. The summed E-state index contributed by atoms with van der Waals surface area (Å²) in [6, 6.07) is 15.1. The van der Waals surface area contributed by atoms with Crippen molar-refractivity contribution in [1.82, 2.24) is 25.5 Å². The van der Waals surface area contributed by atoms with Gasteiger partial charge >= 0.3 is 0 Å². The third kappa shape index (κ3) is 4.38. The van der Waals surface area contributed by atoms with E-state index in [1.807, 2.05) is 48.5 Å². The smallest absolute Gasteiger partial charge is 0.280 e. The molecule has 1 aromatic carbocycles. The van der Waals surface area contributed by atoms with E-state index in [9.17, 15) is 4.79 Å². The van der Waals surface area contributed by atoms with Crippen molar-refractivity contribution in [3.8, 4) is 0 Å². The minimum Gasteiger partial charge on any atom is -0.367 e. The number of pyridine rings is 1. The number of rotatable bonds is 7. The monoisotopic (exact) mass is 391 g/mol. The van der Waals surface area contributed by atoms with E-state index in [1.165, 1.54) is 11.3 Å². The fourth-order valence-corrected chi connectivity index (χ4v) is 3.37. The lowest BCUT2D eigenvalue weighted by Crippen LogP contribution is -2.28. The second-order valence-electron chi connectivity index (χ2n) is 5.84. The Hall–Kier alpha value is -3.59. The van der Waals surface area contributed by atoms with Crippen LogP contribution in [0.4, 0.5) is 17.3 Å². The SMILES string of the molecule is O=C(NCCNc1ccc(Nc2cccnc2)nn1)c1nc2ccccc2s1. The molecule has 3 heterocycles. The van der Waals surface area contributed by atoms with Crippen molar-refractivity contribution in [2.75, 3.05) is 23.7 Å². The molecular weight excluding hydrogens is 374 g/mol. The number of nitrogens with zero attached hydrogens (tertiary/aromatic N) is 4. The second-order valence-corrected chi connectivity index (χ2v) is 6.87. The molecule has 0 saturated carbocycles. The first-order chi connectivity index (χ1) is 13.8. The summed E-state index contributed by atoms with van der Waals surface area (Å²) < 4.78 is 1.00. The highest BCUT2D eigenvalue weighted by molar-refractivity contribution is 7.20. The number of carbonyl (C=O) groups excluding carboxylic acids is 1. The predicted octanol–water partition coefficient (Wildman–Crippen LogP) is 3.07. The standard InChI is InChI=1S/C19H17N7OS/c27-18(19-24-14-5-1-2-6-15(14)28-19)22-11-10-21-16-7-8-17(26-25-16)23-13-4-3-9-20-12-13/h1-9,12H,10-11H2,(H,21,25)(H,22,27)(H,23,26). The average molecular weight is 391 g/mol. The average Bonchev–Trinajstić information content (AvgIpc) is 3.17. The van der Waals surface area contributed by atoms with Gasteiger partial charge in [-0.1, -0.05) is 12.1 Å². The molecule has 3 aromatic heterocycles. The maximum Gasteiger partial charge on any atom is 0.280 e.